The second-order valence-corrected chi connectivity index (χ2v) is 4.51. The van der Waals surface area contributed by atoms with Crippen LogP contribution in [-0.2, 0) is 4.79 Å². The molecule has 1 aliphatic rings. The van der Waals surface area contributed by atoms with Crippen molar-refractivity contribution in [1.82, 2.24) is 15.1 Å². The average molecular weight is 240 g/mol. The summed E-state index contributed by atoms with van der Waals surface area (Å²) in [6.07, 6.45) is 3.73. The number of likely N-dealkylation sites (tertiary alicyclic amines) is 1. The molecule has 0 bridgehead atoms. The Labute approximate surface area is 104 Å². The minimum absolute atomic E-state index is 0.0393. The Kier molecular flexibility index (Phi) is 5.80. The summed E-state index contributed by atoms with van der Waals surface area (Å²) in [7, 11) is 3.51. The molecule has 0 aliphatic carbocycles. The molecule has 0 aromatic heterocycles. The predicted octanol–water partition coefficient (Wildman–Crippen LogP) is 0.526. The molecule has 0 unspecified atom stereocenters. The van der Waals surface area contributed by atoms with E-state index in [1.165, 1.54) is 19.3 Å². The van der Waals surface area contributed by atoms with Crippen molar-refractivity contribution in [3.05, 3.63) is 0 Å². The Morgan fingerprint density at radius 2 is 1.94 bits per heavy atom. The molecule has 1 heterocycles. The number of carbonyl (C=O) groups is 1. The summed E-state index contributed by atoms with van der Waals surface area (Å²) >= 11 is 0. The van der Waals surface area contributed by atoms with E-state index in [0.29, 0.717) is 0 Å². The molecule has 1 rings (SSSR count). The van der Waals surface area contributed by atoms with Crippen LogP contribution in [0.2, 0.25) is 0 Å². The van der Waals surface area contributed by atoms with Crippen LogP contribution in [0.4, 0.5) is 0 Å². The molecule has 1 N–H and O–H groups in total. The second-order valence-electron chi connectivity index (χ2n) is 4.51. The van der Waals surface area contributed by atoms with Crippen molar-refractivity contribution in [2.24, 2.45) is 4.99 Å². The lowest BCUT2D eigenvalue weighted by Crippen LogP contribution is -2.44. The highest BCUT2D eigenvalue weighted by Gasteiger charge is 2.14. The van der Waals surface area contributed by atoms with Gasteiger partial charge in [0.1, 0.15) is 6.54 Å². The highest BCUT2D eigenvalue weighted by molar-refractivity contribution is 5.84. The number of nitrogens with one attached hydrogen (secondary N) is 1. The van der Waals surface area contributed by atoms with E-state index in [1.54, 1.807) is 19.0 Å². The Morgan fingerprint density at radius 3 is 2.47 bits per heavy atom. The minimum atomic E-state index is 0.0393. The fourth-order valence-corrected chi connectivity index (χ4v) is 1.82. The maximum Gasteiger partial charge on any atom is 0.243 e. The van der Waals surface area contributed by atoms with Gasteiger partial charge >= 0.3 is 0 Å². The normalized spacial score (nSPS) is 16.9. The molecule has 0 spiro atoms. The molecule has 0 aromatic carbocycles. The number of piperidine rings is 1. The third-order valence-electron chi connectivity index (χ3n) is 2.85. The first-order chi connectivity index (χ1) is 8.15. The van der Waals surface area contributed by atoms with Crippen molar-refractivity contribution < 1.29 is 4.79 Å². The quantitative estimate of drug-likeness (QED) is 0.578. The molecule has 0 radical (unpaired) electrons. The van der Waals surface area contributed by atoms with Gasteiger partial charge in [0.2, 0.25) is 5.91 Å². The number of hydrogen-bond donors (Lipinski definition) is 1. The second kappa shape index (κ2) is 7.14. The van der Waals surface area contributed by atoms with Gasteiger partial charge in [0.25, 0.3) is 0 Å². The van der Waals surface area contributed by atoms with E-state index >= 15 is 0 Å². The van der Waals surface area contributed by atoms with Gasteiger partial charge in [-0.2, -0.15) is 0 Å². The first kappa shape index (κ1) is 13.8. The molecule has 0 saturated carbocycles. The van der Waals surface area contributed by atoms with Gasteiger partial charge in [-0.05, 0) is 26.2 Å². The van der Waals surface area contributed by atoms with Crippen LogP contribution in [0.1, 0.15) is 26.2 Å². The molecule has 1 aliphatic heterocycles. The van der Waals surface area contributed by atoms with Gasteiger partial charge < -0.3 is 15.1 Å². The summed E-state index contributed by atoms with van der Waals surface area (Å²) in [5, 5.41) is 3.25. The van der Waals surface area contributed by atoms with E-state index in [0.717, 1.165) is 25.6 Å². The Bertz CT molecular complexity index is 270. The number of guanidine groups is 1. The first-order valence-corrected chi connectivity index (χ1v) is 6.38. The SMILES string of the molecule is CCNC(=NCC(=O)N(C)C)N1CCCCC1. The molecule has 5 heteroatoms. The van der Waals surface area contributed by atoms with Gasteiger partial charge in [-0.15, -0.1) is 0 Å². The number of likely N-dealkylation sites (N-methyl/N-ethyl adjacent to an activating group) is 1. The molecular weight excluding hydrogens is 216 g/mol. The number of nitrogens with zero attached hydrogens (tertiary/aromatic N) is 3. The standard InChI is InChI=1S/C12H24N4O/c1-4-13-12(14-10-11(17)15(2)3)16-8-6-5-7-9-16/h4-10H2,1-3H3,(H,13,14). The summed E-state index contributed by atoms with van der Waals surface area (Å²) in [4.78, 5) is 19.7. The maximum absolute atomic E-state index is 11.5. The Hall–Kier alpha value is -1.26. The lowest BCUT2D eigenvalue weighted by Gasteiger charge is -2.30. The lowest BCUT2D eigenvalue weighted by atomic mass is 10.1. The molecule has 98 valence electrons. The van der Waals surface area contributed by atoms with Crippen LogP contribution < -0.4 is 5.32 Å². The monoisotopic (exact) mass is 240 g/mol. The molecular formula is C12H24N4O. The minimum Gasteiger partial charge on any atom is -0.357 e. The molecule has 0 aromatic rings. The maximum atomic E-state index is 11.5. The fourth-order valence-electron chi connectivity index (χ4n) is 1.82. The van der Waals surface area contributed by atoms with Crippen LogP contribution in [0.5, 0.6) is 0 Å². The van der Waals surface area contributed by atoms with Crippen LogP contribution in [0.15, 0.2) is 4.99 Å². The number of carbonyl (C=O) groups excluding carboxylic acids is 1. The largest absolute Gasteiger partial charge is 0.357 e. The molecule has 5 nitrogen and oxygen atoms in total. The summed E-state index contributed by atoms with van der Waals surface area (Å²) in [6.45, 7) is 5.20. The predicted molar refractivity (Wildman–Crippen MR) is 70.1 cm³/mol. The molecule has 1 saturated heterocycles. The highest BCUT2D eigenvalue weighted by atomic mass is 16.2. The van der Waals surface area contributed by atoms with E-state index in [1.807, 2.05) is 6.92 Å². The highest BCUT2D eigenvalue weighted by Crippen LogP contribution is 2.08. The average Bonchev–Trinajstić information content (AvgIpc) is 2.35. The van der Waals surface area contributed by atoms with E-state index in [4.69, 9.17) is 0 Å². The first-order valence-electron chi connectivity index (χ1n) is 6.38. The zero-order chi connectivity index (χ0) is 12.7. The summed E-state index contributed by atoms with van der Waals surface area (Å²) < 4.78 is 0. The zero-order valence-corrected chi connectivity index (χ0v) is 11.2. The van der Waals surface area contributed by atoms with Gasteiger partial charge in [-0.25, -0.2) is 4.99 Å². The van der Waals surface area contributed by atoms with E-state index < -0.39 is 0 Å². The third kappa shape index (κ3) is 4.63. The van der Waals surface area contributed by atoms with Gasteiger partial charge in [0.15, 0.2) is 5.96 Å². The molecule has 1 amide bonds. The smallest absolute Gasteiger partial charge is 0.243 e. The van der Waals surface area contributed by atoms with Gasteiger partial charge in [-0.3, -0.25) is 4.79 Å². The van der Waals surface area contributed by atoms with Crippen molar-refractivity contribution in [2.75, 3.05) is 40.3 Å². The topological polar surface area (TPSA) is 47.9 Å². The van der Waals surface area contributed by atoms with Gasteiger partial charge in [0, 0.05) is 33.7 Å². The Balaban J connectivity index is 2.56. The number of amides is 1. The summed E-state index contributed by atoms with van der Waals surface area (Å²) in [5.41, 5.74) is 0. The van der Waals surface area contributed by atoms with E-state index in [9.17, 15) is 4.79 Å². The Morgan fingerprint density at radius 1 is 1.29 bits per heavy atom. The number of aliphatic imine (C=N–C) groups is 1. The van der Waals surface area contributed by atoms with Crippen molar-refractivity contribution >= 4 is 11.9 Å². The summed E-state index contributed by atoms with van der Waals surface area (Å²) in [5.74, 6) is 0.916. The fraction of sp³-hybridized carbons (Fsp3) is 0.833. The molecule has 1 fully saturated rings. The van der Waals surface area contributed by atoms with Crippen molar-refractivity contribution in [2.45, 2.75) is 26.2 Å². The van der Waals surface area contributed by atoms with Crippen LogP contribution in [-0.4, -0.2) is 61.9 Å². The number of hydrogen-bond acceptors (Lipinski definition) is 2. The van der Waals surface area contributed by atoms with Gasteiger partial charge in [0.05, 0.1) is 0 Å². The lowest BCUT2D eigenvalue weighted by molar-refractivity contribution is -0.127. The van der Waals surface area contributed by atoms with Crippen molar-refractivity contribution in [1.29, 1.82) is 0 Å². The van der Waals surface area contributed by atoms with E-state index in [-0.39, 0.29) is 12.5 Å². The van der Waals surface area contributed by atoms with Crippen LogP contribution >= 0.6 is 0 Å². The summed E-state index contributed by atoms with van der Waals surface area (Å²) in [6, 6.07) is 0. The van der Waals surface area contributed by atoms with E-state index in [2.05, 4.69) is 15.2 Å². The van der Waals surface area contributed by atoms with Crippen molar-refractivity contribution in [3.8, 4) is 0 Å². The van der Waals surface area contributed by atoms with Gasteiger partial charge in [-0.1, -0.05) is 0 Å². The third-order valence-corrected chi connectivity index (χ3v) is 2.85. The van der Waals surface area contributed by atoms with Crippen molar-refractivity contribution in [3.63, 3.8) is 0 Å². The molecule has 0 atom stereocenters. The molecule has 17 heavy (non-hydrogen) atoms. The van der Waals surface area contributed by atoms with Crippen LogP contribution in [0, 0.1) is 0 Å². The van der Waals surface area contributed by atoms with Crippen LogP contribution in [0.25, 0.3) is 0 Å². The zero-order valence-electron chi connectivity index (χ0n) is 11.2. The number of rotatable bonds is 3. The van der Waals surface area contributed by atoms with Crippen LogP contribution in [0.3, 0.4) is 0 Å².